The first-order valence-electron chi connectivity index (χ1n) is 7.32. The van der Waals surface area contributed by atoms with E-state index in [0.717, 1.165) is 36.6 Å². The van der Waals surface area contributed by atoms with E-state index in [1.165, 1.54) is 6.07 Å². The average Bonchev–Trinajstić information content (AvgIpc) is 2.96. The van der Waals surface area contributed by atoms with Crippen molar-refractivity contribution in [1.29, 1.82) is 0 Å². The van der Waals surface area contributed by atoms with Gasteiger partial charge in [0.15, 0.2) is 0 Å². The molecule has 1 aromatic carbocycles. The van der Waals surface area contributed by atoms with Crippen LogP contribution in [0.15, 0.2) is 27.4 Å². The molecule has 1 saturated carbocycles. The molecule has 21 heavy (non-hydrogen) atoms. The second-order valence-corrected chi connectivity index (χ2v) is 5.72. The molecule has 4 heteroatoms. The van der Waals surface area contributed by atoms with Gasteiger partial charge in [-0.05, 0) is 44.4 Å². The standard InChI is InChI=1S/C17H18O4/c1-10-9-15(18)21-16-11(2)14(8-7-13(10)16)20-17(19)12-5-3-4-6-12/h7-9,12H,3-6H2,1-2H3. The van der Waals surface area contributed by atoms with Gasteiger partial charge in [-0.1, -0.05) is 12.8 Å². The van der Waals surface area contributed by atoms with Gasteiger partial charge in [-0.15, -0.1) is 0 Å². The molecule has 1 fully saturated rings. The molecule has 0 bridgehead atoms. The van der Waals surface area contributed by atoms with Crippen molar-refractivity contribution < 1.29 is 13.9 Å². The van der Waals surface area contributed by atoms with E-state index in [1.807, 2.05) is 19.9 Å². The van der Waals surface area contributed by atoms with E-state index in [-0.39, 0.29) is 17.5 Å². The zero-order valence-corrected chi connectivity index (χ0v) is 12.3. The minimum Gasteiger partial charge on any atom is -0.426 e. The van der Waals surface area contributed by atoms with Gasteiger partial charge in [0, 0.05) is 17.0 Å². The van der Waals surface area contributed by atoms with Crippen LogP contribution in [0.2, 0.25) is 0 Å². The Labute approximate surface area is 122 Å². The van der Waals surface area contributed by atoms with Gasteiger partial charge >= 0.3 is 11.6 Å². The summed E-state index contributed by atoms with van der Waals surface area (Å²) in [5.74, 6) is 0.308. The van der Waals surface area contributed by atoms with Crippen molar-refractivity contribution >= 4 is 16.9 Å². The van der Waals surface area contributed by atoms with E-state index in [0.29, 0.717) is 16.9 Å². The van der Waals surface area contributed by atoms with Gasteiger partial charge in [0.1, 0.15) is 11.3 Å². The van der Waals surface area contributed by atoms with Crippen molar-refractivity contribution in [3.63, 3.8) is 0 Å². The Kier molecular flexibility index (Phi) is 3.53. The van der Waals surface area contributed by atoms with Crippen molar-refractivity contribution in [2.75, 3.05) is 0 Å². The van der Waals surface area contributed by atoms with Crippen molar-refractivity contribution in [3.8, 4) is 5.75 Å². The monoisotopic (exact) mass is 286 g/mol. The molecule has 0 radical (unpaired) electrons. The third kappa shape index (κ3) is 2.58. The Hall–Kier alpha value is -2.10. The summed E-state index contributed by atoms with van der Waals surface area (Å²) in [4.78, 5) is 23.6. The topological polar surface area (TPSA) is 56.5 Å². The number of carbonyl (C=O) groups excluding carboxylic acids is 1. The molecule has 1 heterocycles. The lowest BCUT2D eigenvalue weighted by molar-refractivity contribution is -0.138. The Morgan fingerprint density at radius 1 is 1.24 bits per heavy atom. The van der Waals surface area contributed by atoms with Crippen molar-refractivity contribution in [2.45, 2.75) is 39.5 Å². The highest BCUT2D eigenvalue weighted by Crippen LogP contribution is 2.31. The van der Waals surface area contributed by atoms with Crippen molar-refractivity contribution in [3.05, 3.63) is 39.7 Å². The number of aryl methyl sites for hydroxylation is 2. The van der Waals surface area contributed by atoms with E-state index in [2.05, 4.69) is 0 Å². The van der Waals surface area contributed by atoms with Gasteiger partial charge in [-0.2, -0.15) is 0 Å². The second-order valence-electron chi connectivity index (χ2n) is 5.72. The highest BCUT2D eigenvalue weighted by atomic mass is 16.5. The smallest absolute Gasteiger partial charge is 0.336 e. The first kappa shape index (κ1) is 13.9. The van der Waals surface area contributed by atoms with Crippen LogP contribution in [0.5, 0.6) is 5.75 Å². The molecule has 0 spiro atoms. The number of benzene rings is 1. The van der Waals surface area contributed by atoms with Gasteiger partial charge < -0.3 is 9.15 Å². The first-order valence-corrected chi connectivity index (χ1v) is 7.32. The lowest BCUT2D eigenvalue weighted by Crippen LogP contribution is -2.18. The summed E-state index contributed by atoms with van der Waals surface area (Å²) in [6, 6.07) is 5.07. The van der Waals surface area contributed by atoms with Crippen LogP contribution >= 0.6 is 0 Å². The van der Waals surface area contributed by atoms with Crippen LogP contribution in [-0.2, 0) is 4.79 Å². The molecule has 110 valence electrons. The Morgan fingerprint density at radius 2 is 1.95 bits per heavy atom. The SMILES string of the molecule is Cc1cc(=O)oc2c(C)c(OC(=O)C3CCCC3)ccc12. The summed E-state index contributed by atoms with van der Waals surface area (Å²) in [6.45, 7) is 3.67. The summed E-state index contributed by atoms with van der Waals surface area (Å²) in [5, 5.41) is 0.868. The molecule has 2 aromatic rings. The predicted molar refractivity (Wildman–Crippen MR) is 79.6 cm³/mol. The highest BCUT2D eigenvalue weighted by molar-refractivity contribution is 5.86. The van der Waals surface area contributed by atoms with E-state index in [9.17, 15) is 9.59 Å². The minimum absolute atomic E-state index is 0.00427. The molecule has 0 amide bonds. The van der Waals surface area contributed by atoms with E-state index in [1.54, 1.807) is 6.07 Å². The number of fused-ring (bicyclic) bond motifs is 1. The molecule has 0 N–H and O–H groups in total. The maximum absolute atomic E-state index is 12.1. The van der Waals surface area contributed by atoms with Crippen LogP contribution in [0.3, 0.4) is 0 Å². The second kappa shape index (κ2) is 5.35. The predicted octanol–water partition coefficient (Wildman–Crippen LogP) is 3.51. The third-order valence-corrected chi connectivity index (χ3v) is 4.22. The molecule has 1 aliphatic carbocycles. The van der Waals surface area contributed by atoms with Gasteiger partial charge in [0.25, 0.3) is 0 Å². The summed E-state index contributed by atoms with van der Waals surface area (Å²) < 4.78 is 10.8. The van der Waals surface area contributed by atoms with E-state index >= 15 is 0 Å². The van der Waals surface area contributed by atoms with Crippen molar-refractivity contribution in [1.82, 2.24) is 0 Å². The van der Waals surface area contributed by atoms with E-state index < -0.39 is 0 Å². The molecule has 1 aromatic heterocycles. The largest absolute Gasteiger partial charge is 0.426 e. The van der Waals surface area contributed by atoms with Gasteiger partial charge in [-0.25, -0.2) is 4.79 Å². The third-order valence-electron chi connectivity index (χ3n) is 4.22. The maximum Gasteiger partial charge on any atom is 0.336 e. The normalized spacial score (nSPS) is 15.5. The number of esters is 1. The summed E-state index contributed by atoms with van der Waals surface area (Å²) in [7, 11) is 0. The zero-order valence-electron chi connectivity index (χ0n) is 12.3. The van der Waals surface area contributed by atoms with Crippen LogP contribution in [0.1, 0.15) is 36.8 Å². The molecule has 1 aliphatic rings. The fraction of sp³-hybridized carbons (Fsp3) is 0.412. The summed E-state index contributed by atoms with van der Waals surface area (Å²) in [6.07, 6.45) is 3.98. The van der Waals surface area contributed by atoms with Crippen LogP contribution in [0.25, 0.3) is 11.0 Å². The van der Waals surface area contributed by atoms with E-state index in [4.69, 9.17) is 9.15 Å². The molecule has 0 aliphatic heterocycles. The lowest BCUT2D eigenvalue weighted by atomic mass is 10.1. The summed E-state index contributed by atoms with van der Waals surface area (Å²) >= 11 is 0. The molecule has 4 nitrogen and oxygen atoms in total. The van der Waals surface area contributed by atoms with Gasteiger partial charge in [0.2, 0.25) is 0 Å². The number of rotatable bonds is 2. The van der Waals surface area contributed by atoms with Gasteiger partial charge in [-0.3, -0.25) is 4.79 Å². The quantitative estimate of drug-likeness (QED) is 0.481. The minimum atomic E-state index is -0.387. The molecule has 0 unspecified atom stereocenters. The average molecular weight is 286 g/mol. The Bertz CT molecular complexity index is 751. The Morgan fingerprint density at radius 3 is 2.67 bits per heavy atom. The molecule has 3 rings (SSSR count). The Balaban J connectivity index is 1.98. The molecule has 0 saturated heterocycles. The van der Waals surface area contributed by atoms with Gasteiger partial charge in [0.05, 0.1) is 5.92 Å². The number of hydrogen-bond acceptors (Lipinski definition) is 4. The van der Waals surface area contributed by atoms with Crippen LogP contribution in [-0.4, -0.2) is 5.97 Å². The molecular formula is C17H18O4. The zero-order chi connectivity index (χ0) is 15.0. The molecular weight excluding hydrogens is 268 g/mol. The van der Waals surface area contributed by atoms with Crippen LogP contribution in [0, 0.1) is 19.8 Å². The lowest BCUT2D eigenvalue weighted by Gasteiger charge is -2.12. The first-order chi connectivity index (χ1) is 10.1. The number of hydrogen-bond donors (Lipinski definition) is 0. The molecule has 0 atom stereocenters. The number of ether oxygens (including phenoxy) is 1. The van der Waals surface area contributed by atoms with Crippen LogP contribution < -0.4 is 10.4 Å². The highest BCUT2D eigenvalue weighted by Gasteiger charge is 2.25. The fourth-order valence-electron chi connectivity index (χ4n) is 2.96. The van der Waals surface area contributed by atoms with Crippen molar-refractivity contribution in [2.24, 2.45) is 5.92 Å². The fourth-order valence-corrected chi connectivity index (χ4v) is 2.96. The van der Waals surface area contributed by atoms with Crippen LogP contribution in [0.4, 0.5) is 0 Å². The summed E-state index contributed by atoms with van der Waals surface area (Å²) in [5.41, 5.74) is 1.66. The number of carbonyl (C=O) groups is 1. The maximum atomic E-state index is 12.1.